The van der Waals surface area contributed by atoms with Crippen LogP contribution in [-0.2, 0) is 11.3 Å². The van der Waals surface area contributed by atoms with Crippen LogP contribution in [0.2, 0.25) is 0 Å². The second-order valence-electron chi connectivity index (χ2n) is 5.36. The minimum Gasteiger partial charge on any atom is -0.480 e. The molecule has 0 saturated heterocycles. The van der Waals surface area contributed by atoms with Gasteiger partial charge in [0.2, 0.25) is 0 Å². The first-order valence-corrected chi connectivity index (χ1v) is 7.05. The van der Waals surface area contributed by atoms with Crippen LogP contribution in [0.4, 0.5) is 0 Å². The molecular weight excluding hydrogens is 282 g/mol. The molecule has 0 atom stereocenters. The fraction of sp³-hybridized carbons (Fsp3) is 0.312. The van der Waals surface area contributed by atoms with Crippen molar-refractivity contribution in [1.82, 2.24) is 9.78 Å². The Morgan fingerprint density at radius 3 is 2.68 bits per heavy atom. The maximum absolute atomic E-state index is 10.9. The molecule has 1 aromatic carbocycles. The molecule has 3 rings (SSSR count). The summed E-state index contributed by atoms with van der Waals surface area (Å²) in [5.74, 6) is 0.660. The second-order valence-corrected chi connectivity index (χ2v) is 5.36. The molecule has 6 nitrogen and oxygen atoms in total. The highest BCUT2D eigenvalue weighted by Crippen LogP contribution is 2.45. The molecule has 22 heavy (non-hydrogen) atoms. The standard InChI is InChI=1S/C16H15N3O3/c1-10-16(22-13-6-2-11(8-17)3-7-13)15(12-4-5-12)18-19(10)9-14(20)21/h2-3,6-7,12H,4-5,9H2,1H3,(H,20,21). The number of carbonyl (C=O) groups is 1. The van der Waals surface area contributed by atoms with E-state index in [1.165, 1.54) is 4.68 Å². The topological polar surface area (TPSA) is 88.1 Å². The van der Waals surface area contributed by atoms with E-state index in [4.69, 9.17) is 15.1 Å². The molecule has 1 N–H and O–H groups in total. The van der Waals surface area contributed by atoms with E-state index in [9.17, 15) is 4.79 Å². The number of aromatic nitrogens is 2. The van der Waals surface area contributed by atoms with Crippen LogP contribution in [-0.4, -0.2) is 20.9 Å². The summed E-state index contributed by atoms with van der Waals surface area (Å²) in [4.78, 5) is 10.9. The Bertz CT molecular complexity index is 752. The van der Waals surface area contributed by atoms with Gasteiger partial charge in [0.1, 0.15) is 18.0 Å². The van der Waals surface area contributed by atoms with E-state index < -0.39 is 5.97 Å². The average molecular weight is 297 g/mol. The molecule has 0 aliphatic heterocycles. The fourth-order valence-electron chi connectivity index (χ4n) is 2.30. The Hall–Kier alpha value is -2.81. The summed E-state index contributed by atoms with van der Waals surface area (Å²) in [7, 11) is 0. The number of nitriles is 1. The number of rotatable bonds is 5. The highest BCUT2D eigenvalue weighted by molar-refractivity contribution is 5.66. The van der Waals surface area contributed by atoms with Gasteiger partial charge in [-0.25, -0.2) is 0 Å². The molecule has 0 unspecified atom stereocenters. The highest BCUT2D eigenvalue weighted by atomic mass is 16.5. The zero-order valence-corrected chi connectivity index (χ0v) is 12.1. The molecule has 0 radical (unpaired) electrons. The van der Waals surface area contributed by atoms with Crippen LogP contribution in [0.15, 0.2) is 24.3 Å². The van der Waals surface area contributed by atoms with Crippen molar-refractivity contribution in [3.8, 4) is 17.6 Å². The number of aliphatic carboxylic acids is 1. The van der Waals surface area contributed by atoms with E-state index in [2.05, 4.69) is 11.2 Å². The van der Waals surface area contributed by atoms with Gasteiger partial charge >= 0.3 is 5.97 Å². The van der Waals surface area contributed by atoms with Crippen LogP contribution in [0, 0.1) is 18.3 Å². The largest absolute Gasteiger partial charge is 0.480 e. The van der Waals surface area contributed by atoms with Crippen molar-refractivity contribution >= 4 is 5.97 Å². The monoisotopic (exact) mass is 297 g/mol. The molecule has 0 spiro atoms. The van der Waals surface area contributed by atoms with Crippen LogP contribution in [0.1, 0.15) is 35.7 Å². The van der Waals surface area contributed by atoms with Crippen molar-refractivity contribution in [1.29, 1.82) is 5.26 Å². The molecule has 0 amide bonds. The van der Waals surface area contributed by atoms with E-state index >= 15 is 0 Å². The normalized spacial score (nSPS) is 13.6. The zero-order chi connectivity index (χ0) is 15.7. The average Bonchev–Trinajstić information content (AvgIpc) is 3.29. The number of carboxylic acid groups (broad SMARTS) is 1. The van der Waals surface area contributed by atoms with E-state index in [0.29, 0.717) is 28.7 Å². The van der Waals surface area contributed by atoms with Gasteiger partial charge in [-0.15, -0.1) is 0 Å². The predicted octanol–water partition coefficient (Wildman–Crippen LogP) is 2.82. The van der Waals surface area contributed by atoms with Gasteiger partial charge in [-0.1, -0.05) is 0 Å². The molecule has 1 aromatic heterocycles. The van der Waals surface area contributed by atoms with Gasteiger partial charge in [0.05, 0.1) is 17.3 Å². The van der Waals surface area contributed by atoms with Crippen molar-refractivity contribution in [3.05, 3.63) is 41.2 Å². The van der Waals surface area contributed by atoms with Gasteiger partial charge in [-0.3, -0.25) is 9.48 Å². The van der Waals surface area contributed by atoms with Crippen molar-refractivity contribution in [3.63, 3.8) is 0 Å². The quantitative estimate of drug-likeness (QED) is 0.916. The van der Waals surface area contributed by atoms with E-state index in [0.717, 1.165) is 18.5 Å². The molecular formula is C16H15N3O3. The zero-order valence-electron chi connectivity index (χ0n) is 12.1. The molecule has 112 valence electrons. The molecule has 1 fully saturated rings. The number of hydrogen-bond donors (Lipinski definition) is 1. The molecule has 1 aliphatic carbocycles. The van der Waals surface area contributed by atoms with Crippen molar-refractivity contribution in [2.75, 3.05) is 0 Å². The van der Waals surface area contributed by atoms with E-state index in [-0.39, 0.29) is 6.54 Å². The fourth-order valence-corrected chi connectivity index (χ4v) is 2.30. The minimum atomic E-state index is -0.933. The van der Waals surface area contributed by atoms with Gasteiger partial charge in [-0.2, -0.15) is 10.4 Å². The van der Waals surface area contributed by atoms with Crippen molar-refractivity contribution < 1.29 is 14.6 Å². The summed E-state index contributed by atoms with van der Waals surface area (Å²) in [5.41, 5.74) is 2.09. The maximum Gasteiger partial charge on any atom is 0.325 e. The van der Waals surface area contributed by atoms with E-state index in [1.54, 1.807) is 31.2 Å². The summed E-state index contributed by atoms with van der Waals surface area (Å²) >= 11 is 0. The smallest absolute Gasteiger partial charge is 0.325 e. The van der Waals surface area contributed by atoms with Crippen molar-refractivity contribution in [2.45, 2.75) is 32.2 Å². The number of benzene rings is 1. The van der Waals surface area contributed by atoms with Crippen LogP contribution in [0.5, 0.6) is 11.5 Å². The summed E-state index contributed by atoms with van der Waals surface area (Å²) in [6, 6.07) is 8.88. The Morgan fingerprint density at radius 1 is 1.45 bits per heavy atom. The number of hydrogen-bond acceptors (Lipinski definition) is 4. The lowest BCUT2D eigenvalue weighted by Crippen LogP contribution is -2.11. The predicted molar refractivity (Wildman–Crippen MR) is 77.8 cm³/mol. The van der Waals surface area contributed by atoms with E-state index in [1.807, 2.05) is 0 Å². The van der Waals surface area contributed by atoms with Gasteiger partial charge < -0.3 is 9.84 Å². The molecule has 6 heteroatoms. The SMILES string of the molecule is Cc1c(Oc2ccc(C#N)cc2)c(C2CC2)nn1CC(=O)O. The summed E-state index contributed by atoms with van der Waals surface area (Å²) in [5, 5.41) is 22.2. The lowest BCUT2D eigenvalue weighted by molar-refractivity contribution is -0.137. The first kappa shape index (κ1) is 14.1. The Balaban J connectivity index is 1.92. The summed E-state index contributed by atoms with van der Waals surface area (Å²) in [6.45, 7) is 1.63. The second kappa shape index (κ2) is 5.53. The van der Waals surface area contributed by atoms with Gasteiger partial charge in [0.25, 0.3) is 0 Å². The Labute approximate surface area is 127 Å². The minimum absolute atomic E-state index is 0.178. The highest BCUT2D eigenvalue weighted by Gasteiger charge is 2.32. The molecule has 2 aromatic rings. The van der Waals surface area contributed by atoms with Crippen LogP contribution >= 0.6 is 0 Å². The molecule has 1 heterocycles. The van der Waals surface area contributed by atoms with Gasteiger partial charge in [0.15, 0.2) is 5.75 Å². The number of carboxylic acids is 1. The van der Waals surface area contributed by atoms with Gasteiger partial charge in [-0.05, 0) is 44.0 Å². The third-order valence-electron chi connectivity index (χ3n) is 3.63. The Kier molecular flexibility index (Phi) is 3.55. The first-order valence-electron chi connectivity index (χ1n) is 7.05. The summed E-state index contributed by atoms with van der Waals surface area (Å²) in [6.07, 6.45) is 2.10. The van der Waals surface area contributed by atoms with Crippen molar-refractivity contribution in [2.24, 2.45) is 0 Å². The first-order chi connectivity index (χ1) is 10.6. The lowest BCUT2D eigenvalue weighted by Gasteiger charge is -2.07. The molecule has 1 saturated carbocycles. The van der Waals surface area contributed by atoms with Gasteiger partial charge in [0, 0.05) is 5.92 Å². The Morgan fingerprint density at radius 2 is 2.14 bits per heavy atom. The van der Waals surface area contributed by atoms with Crippen LogP contribution < -0.4 is 4.74 Å². The van der Waals surface area contributed by atoms with Crippen LogP contribution in [0.25, 0.3) is 0 Å². The van der Waals surface area contributed by atoms with Crippen LogP contribution in [0.3, 0.4) is 0 Å². The number of ether oxygens (including phenoxy) is 1. The maximum atomic E-state index is 10.9. The molecule has 0 bridgehead atoms. The third kappa shape index (κ3) is 2.79. The number of nitrogens with zero attached hydrogens (tertiary/aromatic N) is 3. The third-order valence-corrected chi connectivity index (χ3v) is 3.63. The molecule has 1 aliphatic rings. The summed E-state index contributed by atoms with van der Waals surface area (Å²) < 4.78 is 7.38. The lowest BCUT2D eigenvalue weighted by atomic mass is 10.2.